The summed E-state index contributed by atoms with van der Waals surface area (Å²) in [6.45, 7) is 4.76. The lowest BCUT2D eigenvalue weighted by atomic mass is 10.0. The number of urea groups is 2. The summed E-state index contributed by atoms with van der Waals surface area (Å²) < 4.78 is 5.29. The number of benzene rings is 1. The van der Waals surface area contributed by atoms with Crippen LogP contribution in [-0.2, 0) is 4.74 Å². The summed E-state index contributed by atoms with van der Waals surface area (Å²) in [5.41, 5.74) is 1.78. The highest BCUT2D eigenvalue weighted by atomic mass is 16.5. The minimum atomic E-state index is -0.656. The van der Waals surface area contributed by atoms with E-state index in [4.69, 9.17) is 4.74 Å². The Morgan fingerprint density at radius 1 is 1.15 bits per heavy atom. The molecular weight excluding hydrogens is 336 g/mol. The van der Waals surface area contributed by atoms with Gasteiger partial charge in [0.25, 0.3) is 0 Å². The Morgan fingerprint density at radius 2 is 1.77 bits per heavy atom. The Kier molecular flexibility index (Phi) is 5.75. The number of nitrogens with zero attached hydrogens (tertiary/aromatic N) is 1. The number of amides is 4. The first kappa shape index (κ1) is 18.6. The van der Waals surface area contributed by atoms with E-state index >= 15 is 0 Å². The average Bonchev–Trinajstić information content (AvgIpc) is 2.62. The molecule has 1 aromatic carbocycles. The number of rotatable bonds is 5. The maximum atomic E-state index is 12.4. The molecule has 0 saturated carbocycles. The van der Waals surface area contributed by atoms with Crippen LogP contribution >= 0.6 is 0 Å². The summed E-state index contributed by atoms with van der Waals surface area (Å²) in [5, 5.41) is 18.5. The number of imide groups is 1. The number of hydrogen-bond donors (Lipinski definition) is 4. The zero-order chi connectivity index (χ0) is 18.7. The van der Waals surface area contributed by atoms with Crippen molar-refractivity contribution in [2.75, 3.05) is 13.2 Å². The predicted molar refractivity (Wildman–Crippen MR) is 95.2 cm³/mol. The van der Waals surface area contributed by atoms with Crippen LogP contribution < -0.4 is 16.0 Å². The Labute approximate surface area is 152 Å². The number of aliphatic hydroxyl groups is 1. The van der Waals surface area contributed by atoms with Crippen molar-refractivity contribution < 1.29 is 19.4 Å². The zero-order valence-electron chi connectivity index (χ0n) is 15.1. The van der Waals surface area contributed by atoms with Gasteiger partial charge in [0.15, 0.2) is 6.29 Å². The topological polar surface area (TPSA) is 103 Å². The molecule has 2 aliphatic heterocycles. The molecule has 26 heavy (non-hydrogen) atoms. The molecule has 2 atom stereocenters. The molecule has 3 rings (SSSR count). The highest BCUT2D eigenvalue weighted by Crippen LogP contribution is 2.20. The molecule has 8 heteroatoms. The van der Waals surface area contributed by atoms with E-state index in [9.17, 15) is 14.7 Å². The number of hydrogen-bond acceptors (Lipinski definition) is 5. The van der Waals surface area contributed by atoms with Gasteiger partial charge in [0, 0.05) is 25.3 Å². The van der Waals surface area contributed by atoms with Crippen molar-refractivity contribution in [1.82, 2.24) is 20.9 Å². The van der Waals surface area contributed by atoms with Crippen LogP contribution in [0, 0.1) is 0 Å². The summed E-state index contributed by atoms with van der Waals surface area (Å²) >= 11 is 0. The Bertz CT molecular complexity index is 642. The molecule has 2 saturated heterocycles. The summed E-state index contributed by atoms with van der Waals surface area (Å²) in [4.78, 5) is 26.1. The summed E-state index contributed by atoms with van der Waals surface area (Å²) in [6, 6.07) is 6.51. The first-order valence-corrected chi connectivity index (χ1v) is 8.97. The van der Waals surface area contributed by atoms with Crippen molar-refractivity contribution in [3.8, 4) is 0 Å². The number of aliphatic hydroxyl groups excluding tert-OH is 1. The predicted octanol–water partition coefficient (Wildman–Crippen LogP) is 1.59. The van der Waals surface area contributed by atoms with Crippen molar-refractivity contribution >= 4 is 12.1 Å². The summed E-state index contributed by atoms with van der Waals surface area (Å²) in [6.07, 6.45) is 0.101. The van der Waals surface area contributed by atoms with Crippen LogP contribution in [0.1, 0.15) is 50.0 Å². The van der Waals surface area contributed by atoms with Gasteiger partial charge in [-0.3, -0.25) is 5.32 Å². The minimum Gasteiger partial charge on any atom is -0.389 e. The maximum absolute atomic E-state index is 12.4. The highest BCUT2D eigenvalue weighted by molar-refractivity contribution is 5.96. The second-order valence-electron chi connectivity index (χ2n) is 6.78. The van der Waals surface area contributed by atoms with Crippen LogP contribution in [0.4, 0.5) is 9.59 Å². The van der Waals surface area contributed by atoms with E-state index in [0.29, 0.717) is 26.1 Å². The molecule has 0 aromatic heterocycles. The van der Waals surface area contributed by atoms with Gasteiger partial charge in [0.2, 0.25) is 0 Å². The standard InChI is InChI=1S/C18H26N4O4/c1-11(13-4-3-5-14(10-13)12(2)23)19-16-20-17(24)22(18(25)21-16)15-6-8-26-9-7-15/h3-5,10-12,15-16,19,23H,6-9H2,1-2H3,(H,20,24)(H,21,25)/t11-,12+/m0/s1. The molecule has 4 amide bonds. The van der Waals surface area contributed by atoms with Gasteiger partial charge in [-0.1, -0.05) is 24.3 Å². The monoisotopic (exact) mass is 362 g/mol. The van der Waals surface area contributed by atoms with Crippen molar-refractivity contribution in [1.29, 1.82) is 0 Å². The second-order valence-corrected chi connectivity index (χ2v) is 6.78. The van der Waals surface area contributed by atoms with Gasteiger partial charge in [0.05, 0.1) is 6.10 Å². The molecule has 0 bridgehead atoms. The fourth-order valence-corrected chi connectivity index (χ4v) is 3.31. The van der Waals surface area contributed by atoms with Crippen molar-refractivity contribution in [3.05, 3.63) is 35.4 Å². The van der Waals surface area contributed by atoms with E-state index in [0.717, 1.165) is 11.1 Å². The van der Waals surface area contributed by atoms with Crippen LogP contribution in [-0.4, -0.2) is 47.6 Å². The molecule has 0 aliphatic carbocycles. The molecule has 2 aliphatic rings. The SMILES string of the molecule is C[C@H](NC1NC(=O)N(C2CCOCC2)C(=O)N1)c1cccc([C@@H](C)O)c1. The third kappa shape index (κ3) is 4.14. The van der Waals surface area contributed by atoms with E-state index in [1.165, 1.54) is 4.90 Å². The van der Waals surface area contributed by atoms with Crippen molar-refractivity contribution in [3.63, 3.8) is 0 Å². The van der Waals surface area contributed by atoms with Crippen LogP contribution in [0.5, 0.6) is 0 Å². The highest BCUT2D eigenvalue weighted by Gasteiger charge is 2.37. The van der Waals surface area contributed by atoms with E-state index in [1.54, 1.807) is 6.92 Å². The van der Waals surface area contributed by atoms with E-state index in [1.807, 2.05) is 31.2 Å². The van der Waals surface area contributed by atoms with E-state index < -0.39 is 24.5 Å². The quantitative estimate of drug-likeness (QED) is 0.637. The third-order valence-electron chi connectivity index (χ3n) is 4.84. The van der Waals surface area contributed by atoms with Crippen LogP contribution in [0.2, 0.25) is 0 Å². The van der Waals surface area contributed by atoms with Gasteiger partial charge in [0.1, 0.15) is 0 Å². The van der Waals surface area contributed by atoms with Gasteiger partial charge in [-0.25, -0.2) is 14.5 Å². The first-order valence-electron chi connectivity index (χ1n) is 8.97. The molecule has 0 spiro atoms. The number of carbonyl (C=O) groups is 2. The van der Waals surface area contributed by atoms with Crippen molar-refractivity contribution in [2.24, 2.45) is 0 Å². The minimum absolute atomic E-state index is 0.131. The Hall–Kier alpha value is -2.16. The number of nitrogens with one attached hydrogen (secondary N) is 3. The fraction of sp³-hybridized carbons (Fsp3) is 0.556. The maximum Gasteiger partial charge on any atom is 0.328 e. The number of ether oxygens (including phenoxy) is 1. The smallest absolute Gasteiger partial charge is 0.328 e. The largest absolute Gasteiger partial charge is 0.389 e. The summed E-state index contributed by atoms with van der Waals surface area (Å²) in [5.74, 6) is 0. The van der Waals surface area contributed by atoms with Gasteiger partial charge in [-0.05, 0) is 37.8 Å². The second kappa shape index (κ2) is 8.03. The van der Waals surface area contributed by atoms with Gasteiger partial charge in [-0.2, -0.15) is 0 Å². The molecule has 142 valence electrons. The molecule has 8 nitrogen and oxygen atoms in total. The average molecular weight is 362 g/mol. The van der Waals surface area contributed by atoms with E-state index in [2.05, 4.69) is 16.0 Å². The lowest BCUT2D eigenvalue weighted by Gasteiger charge is -2.39. The number of carbonyl (C=O) groups excluding carboxylic acids is 2. The molecule has 2 fully saturated rings. The lowest BCUT2D eigenvalue weighted by Crippen LogP contribution is -2.70. The van der Waals surface area contributed by atoms with E-state index in [-0.39, 0.29) is 12.1 Å². The normalized spacial score (nSPS) is 21.9. The molecule has 0 unspecified atom stereocenters. The molecular formula is C18H26N4O4. The van der Waals surface area contributed by atoms with Crippen LogP contribution in [0.3, 0.4) is 0 Å². The molecule has 4 N–H and O–H groups in total. The fourth-order valence-electron chi connectivity index (χ4n) is 3.31. The molecule has 1 aromatic rings. The van der Waals surface area contributed by atoms with Gasteiger partial charge >= 0.3 is 12.1 Å². The first-order chi connectivity index (χ1) is 12.5. The lowest BCUT2D eigenvalue weighted by molar-refractivity contribution is 0.0492. The van der Waals surface area contributed by atoms with Crippen LogP contribution in [0.15, 0.2) is 24.3 Å². The zero-order valence-corrected chi connectivity index (χ0v) is 15.1. The molecule has 0 radical (unpaired) electrons. The van der Waals surface area contributed by atoms with Crippen LogP contribution in [0.25, 0.3) is 0 Å². The van der Waals surface area contributed by atoms with Gasteiger partial charge < -0.3 is 20.5 Å². The Morgan fingerprint density at radius 3 is 2.38 bits per heavy atom. The Balaban J connectivity index is 1.62. The van der Waals surface area contributed by atoms with Crippen molar-refractivity contribution in [2.45, 2.75) is 51.2 Å². The van der Waals surface area contributed by atoms with Gasteiger partial charge in [-0.15, -0.1) is 0 Å². The summed E-state index contributed by atoms with van der Waals surface area (Å²) in [7, 11) is 0. The third-order valence-corrected chi connectivity index (χ3v) is 4.84. The molecule has 2 heterocycles.